The minimum Gasteiger partial charge on any atom is -0.466 e. The van der Waals surface area contributed by atoms with Crippen molar-refractivity contribution in [3.63, 3.8) is 0 Å². The van der Waals surface area contributed by atoms with Crippen LogP contribution in [0.4, 0.5) is 16.5 Å². The van der Waals surface area contributed by atoms with E-state index in [-0.39, 0.29) is 18.1 Å². The number of anilines is 2. The lowest BCUT2D eigenvalue weighted by Crippen LogP contribution is -2.11. The number of nitro groups is 1. The number of esters is 1. The molecule has 26 heavy (non-hydrogen) atoms. The maximum absolute atomic E-state index is 11.4. The molecule has 0 saturated carbocycles. The van der Waals surface area contributed by atoms with Crippen molar-refractivity contribution >= 4 is 40.0 Å². The van der Waals surface area contributed by atoms with E-state index in [4.69, 9.17) is 4.74 Å². The molecule has 9 nitrogen and oxygen atoms in total. The van der Waals surface area contributed by atoms with Gasteiger partial charge in [0.1, 0.15) is 0 Å². The van der Waals surface area contributed by atoms with Gasteiger partial charge in [-0.25, -0.2) is 4.98 Å². The number of nitrogens with one attached hydrogen (secondary N) is 1. The molecule has 1 N–H and O–H groups in total. The van der Waals surface area contributed by atoms with Crippen LogP contribution in [0.2, 0.25) is 0 Å². The van der Waals surface area contributed by atoms with Gasteiger partial charge in [0, 0.05) is 42.9 Å². The van der Waals surface area contributed by atoms with E-state index in [1.807, 2.05) is 19.0 Å². The molecule has 0 amide bonds. The van der Waals surface area contributed by atoms with Gasteiger partial charge in [-0.1, -0.05) is 0 Å². The first-order chi connectivity index (χ1) is 12.4. The number of carbonyl (C=O) groups excluding carboxylic acids is 1. The fourth-order valence-electron chi connectivity index (χ4n) is 2.12. The van der Waals surface area contributed by atoms with Gasteiger partial charge in [0.2, 0.25) is 5.13 Å². The summed E-state index contributed by atoms with van der Waals surface area (Å²) >= 11 is 1.30. The molecule has 0 fully saturated rings. The molecule has 2 rings (SSSR count). The van der Waals surface area contributed by atoms with Crippen LogP contribution in [-0.2, 0) is 16.0 Å². The monoisotopic (exact) mass is 377 g/mol. The SMILES string of the molecule is CCOC(=O)Cc1csc(NN=Cc2cc([N+](=O)[O-])ccc2N(C)C)n1. The first kappa shape index (κ1) is 19.3. The van der Waals surface area contributed by atoms with Crippen LogP contribution in [0.5, 0.6) is 0 Å². The molecule has 0 radical (unpaired) electrons. The van der Waals surface area contributed by atoms with Crippen molar-refractivity contribution in [2.24, 2.45) is 5.10 Å². The van der Waals surface area contributed by atoms with Crippen LogP contribution in [0.25, 0.3) is 0 Å². The van der Waals surface area contributed by atoms with Crippen LogP contribution >= 0.6 is 11.3 Å². The van der Waals surface area contributed by atoms with E-state index in [0.29, 0.717) is 23.0 Å². The second kappa shape index (κ2) is 8.90. The van der Waals surface area contributed by atoms with Crippen molar-refractivity contribution < 1.29 is 14.5 Å². The number of non-ortho nitro benzene ring substituents is 1. The zero-order chi connectivity index (χ0) is 19.1. The number of hydrogen-bond donors (Lipinski definition) is 1. The van der Waals surface area contributed by atoms with Crippen LogP contribution in [0, 0.1) is 10.1 Å². The van der Waals surface area contributed by atoms with E-state index in [1.165, 1.54) is 29.7 Å². The highest BCUT2D eigenvalue weighted by Gasteiger charge is 2.11. The number of rotatable bonds is 8. The molecule has 10 heteroatoms. The smallest absolute Gasteiger partial charge is 0.311 e. The van der Waals surface area contributed by atoms with E-state index in [2.05, 4.69) is 15.5 Å². The number of hydrazone groups is 1. The van der Waals surface area contributed by atoms with Gasteiger partial charge in [0.05, 0.1) is 29.9 Å². The van der Waals surface area contributed by atoms with Gasteiger partial charge in [-0.3, -0.25) is 20.3 Å². The fraction of sp³-hybridized carbons (Fsp3) is 0.312. The highest BCUT2D eigenvalue weighted by Crippen LogP contribution is 2.23. The topological polar surface area (TPSA) is 110 Å². The van der Waals surface area contributed by atoms with Crippen LogP contribution < -0.4 is 10.3 Å². The van der Waals surface area contributed by atoms with Crippen molar-refractivity contribution in [1.29, 1.82) is 0 Å². The zero-order valence-corrected chi connectivity index (χ0v) is 15.4. The van der Waals surface area contributed by atoms with E-state index in [1.54, 1.807) is 18.4 Å². The summed E-state index contributed by atoms with van der Waals surface area (Å²) < 4.78 is 4.88. The lowest BCUT2D eigenvalue weighted by molar-refractivity contribution is -0.384. The van der Waals surface area contributed by atoms with Gasteiger partial charge in [0.15, 0.2) is 0 Å². The van der Waals surface area contributed by atoms with Gasteiger partial charge >= 0.3 is 5.97 Å². The van der Waals surface area contributed by atoms with Crippen molar-refractivity contribution in [3.8, 4) is 0 Å². The quantitative estimate of drug-likeness (QED) is 0.326. The molecule has 0 aliphatic carbocycles. The van der Waals surface area contributed by atoms with E-state index in [9.17, 15) is 14.9 Å². The third kappa shape index (κ3) is 5.24. The Balaban J connectivity index is 2.08. The average Bonchev–Trinajstić information content (AvgIpc) is 3.01. The fourth-order valence-corrected chi connectivity index (χ4v) is 2.78. The van der Waals surface area contributed by atoms with Crippen LogP contribution in [0.3, 0.4) is 0 Å². The number of carbonyl (C=O) groups is 1. The van der Waals surface area contributed by atoms with Crippen molar-refractivity contribution in [3.05, 3.63) is 45.0 Å². The molecule has 1 heterocycles. The summed E-state index contributed by atoms with van der Waals surface area (Å²) in [6.07, 6.45) is 1.60. The number of ether oxygens (including phenoxy) is 1. The summed E-state index contributed by atoms with van der Waals surface area (Å²) in [6, 6.07) is 4.57. The predicted octanol–water partition coefficient (Wildman–Crippen LogP) is 2.67. The Morgan fingerprint density at radius 1 is 1.50 bits per heavy atom. The average molecular weight is 377 g/mol. The lowest BCUT2D eigenvalue weighted by Gasteiger charge is -2.14. The van der Waals surface area contributed by atoms with E-state index >= 15 is 0 Å². The molecule has 2 aromatic rings. The molecular formula is C16H19N5O4S. The van der Waals surface area contributed by atoms with Crippen molar-refractivity contribution in [2.75, 3.05) is 31.0 Å². The largest absolute Gasteiger partial charge is 0.466 e. The Bertz CT molecular complexity index is 819. The molecule has 0 saturated heterocycles. The molecule has 0 unspecified atom stereocenters. The summed E-state index contributed by atoms with van der Waals surface area (Å²) in [5.74, 6) is -0.333. The molecular weight excluding hydrogens is 358 g/mol. The molecule has 1 aromatic heterocycles. The van der Waals surface area contributed by atoms with Gasteiger partial charge in [-0.05, 0) is 13.0 Å². The Hall–Kier alpha value is -3.01. The maximum Gasteiger partial charge on any atom is 0.311 e. The number of thiazole rings is 1. The molecule has 0 atom stereocenters. The second-order valence-corrected chi connectivity index (χ2v) is 6.25. The summed E-state index contributed by atoms with van der Waals surface area (Å²) in [5.41, 5.74) is 4.74. The predicted molar refractivity (Wildman–Crippen MR) is 101 cm³/mol. The van der Waals surface area contributed by atoms with Gasteiger partial charge < -0.3 is 9.64 Å². The molecule has 0 spiro atoms. The summed E-state index contributed by atoms with van der Waals surface area (Å²) in [5, 5.41) is 17.3. The normalized spacial score (nSPS) is 10.7. The number of nitro benzene ring substituents is 1. The molecule has 138 valence electrons. The maximum atomic E-state index is 11.4. The number of aromatic nitrogens is 1. The summed E-state index contributed by atoms with van der Waals surface area (Å²) in [7, 11) is 3.68. The minimum absolute atomic E-state index is 0.0111. The Morgan fingerprint density at radius 2 is 2.27 bits per heavy atom. The third-order valence-electron chi connectivity index (χ3n) is 3.25. The standard InChI is InChI=1S/C16H19N5O4S/c1-4-25-15(22)8-12-10-26-16(18-12)19-17-9-11-7-13(21(23)24)5-6-14(11)20(2)3/h5-7,9-10H,4,8H2,1-3H3,(H,18,19). The highest BCUT2D eigenvalue weighted by atomic mass is 32.1. The molecule has 1 aromatic carbocycles. The summed E-state index contributed by atoms with van der Waals surface area (Å²) in [4.78, 5) is 28.0. The molecule has 0 aliphatic rings. The number of nitrogens with zero attached hydrogens (tertiary/aromatic N) is 4. The number of hydrogen-bond acceptors (Lipinski definition) is 9. The van der Waals surface area contributed by atoms with Gasteiger partial charge in [-0.15, -0.1) is 11.3 Å². The van der Waals surface area contributed by atoms with Crippen molar-refractivity contribution in [1.82, 2.24) is 4.98 Å². The Labute approximate surface area is 154 Å². The zero-order valence-electron chi connectivity index (χ0n) is 14.6. The third-order valence-corrected chi connectivity index (χ3v) is 4.05. The van der Waals surface area contributed by atoms with Crippen LogP contribution in [-0.4, -0.2) is 42.8 Å². The second-order valence-electron chi connectivity index (χ2n) is 5.39. The van der Waals surface area contributed by atoms with Crippen LogP contribution in [0.15, 0.2) is 28.7 Å². The summed E-state index contributed by atoms with van der Waals surface area (Å²) in [6.45, 7) is 2.08. The van der Waals surface area contributed by atoms with Gasteiger partial charge in [0.25, 0.3) is 5.69 Å². The molecule has 0 bridgehead atoms. The lowest BCUT2D eigenvalue weighted by atomic mass is 10.1. The Kier molecular flexibility index (Phi) is 6.61. The molecule has 0 aliphatic heterocycles. The van der Waals surface area contributed by atoms with Crippen LogP contribution in [0.1, 0.15) is 18.2 Å². The van der Waals surface area contributed by atoms with E-state index in [0.717, 1.165) is 5.69 Å². The minimum atomic E-state index is -0.452. The van der Waals surface area contributed by atoms with Crippen molar-refractivity contribution in [2.45, 2.75) is 13.3 Å². The first-order valence-electron chi connectivity index (χ1n) is 7.75. The highest BCUT2D eigenvalue weighted by molar-refractivity contribution is 7.13. The first-order valence-corrected chi connectivity index (χ1v) is 8.63. The number of benzene rings is 1. The van der Waals surface area contributed by atoms with E-state index < -0.39 is 4.92 Å². The Morgan fingerprint density at radius 3 is 2.92 bits per heavy atom. The van der Waals surface area contributed by atoms with Gasteiger partial charge in [-0.2, -0.15) is 5.10 Å².